The molecule has 0 amide bonds. The van der Waals surface area contributed by atoms with Gasteiger partial charge in [0.15, 0.2) is 0 Å². The molecular weight excluding hydrogens is 405 g/mol. The summed E-state index contributed by atoms with van der Waals surface area (Å²) in [4.78, 5) is 0. The molecule has 0 aliphatic rings. The lowest BCUT2D eigenvalue weighted by Crippen LogP contribution is -2.31. The molecule has 0 bridgehead atoms. The van der Waals surface area contributed by atoms with Crippen molar-refractivity contribution < 1.29 is 65.9 Å². The molecule has 0 atom stereocenters. The van der Waals surface area contributed by atoms with Crippen LogP contribution in [0.1, 0.15) is 25.7 Å². The second kappa shape index (κ2) is 8.56. The fourth-order valence-corrected chi connectivity index (χ4v) is 1.22. The Labute approximate surface area is 130 Å². The van der Waals surface area contributed by atoms with Crippen LogP contribution >= 0.6 is 0 Å². The van der Waals surface area contributed by atoms with Crippen LogP contribution < -0.4 is 0 Å². The van der Waals surface area contributed by atoms with Crippen LogP contribution in [0.25, 0.3) is 0 Å². The summed E-state index contributed by atoms with van der Waals surface area (Å²) in [6, 6.07) is 0. The van der Waals surface area contributed by atoms with E-state index >= 15 is 0 Å². The molecule has 0 aromatic rings. The van der Waals surface area contributed by atoms with Gasteiger partial charge in [0.05, 0.1) is 12.8 Å². The summed E-state index contributed by atoms with van der Waals surface area (Å²) in [5.74, 6) is -4.78. The van der Waals surface area contributed by atoms with Crippen LogP contribution in [0, 0.1) is 0 Å². The third-order valence-corrected chi connectivity index (χ3v) is 1.82. The molecular formula is C10H9F15. The molecule has 0 fully saturated rings. The molecule has 0 aromatic carbocycles. The first-order valence-corrected chi connectivity index (χ1v) is 5.80. The monoisotopic (exact) mass is 414 g/mol. The number of rotatable bonds is 4. The van der Waals surface area contributed by atoms with E-state index in [0.717, 1.165) is 0 Å². The molecule has 0 rings (SSSR count). The summed E-state index contributed by atoms with van der Waals surface area (Å²) in [5.41, 5.74) is 0. The van der Waals surface area contributed by atoms with Gasteiger partial charge >= 0.3 is 24.7 Å². The Balaban J connectivity index is 0. The fraction of sp³-hybridized carbons (Fsp3) is 1.00. The molecule has 0 saturated carbocycles. The molecule has 0 aromatic heterocycles. The molecule has 0 nitrogen and oxygen atoms in total. The van der Waals surface area contributed by atoms with Crippen molar-refractivity contribution in [2.75, 3.05) is 0 Å². The smallest absolute Gasteiger partial charge is 0.247 e. The maximum Gasteiger partial charge on any atom is 0.394 e. The first kappa shape index (κ1) is 26.2. The number of hydrogen-bond donors (Lipinski definition) is 0. The van der Waals surface area contributed by atoms with E-state index in [0.29, 0.717) is 0 Å². The van der Waals surface area contributed by atoms with Crippen molar-refractivity contribution in [3.63, 3.8) is 0 Å². The first-order valence-electron chi connectivity index (χ1n) is 5.80. The summed E-state index contributed by atoms with van der Waals surface area (Å²) >= 11 is 0. The van der Waals surface area contributed by atoms with Crippen LogP contribution in [-0.4, -0.2) is 36.8 Å². The fourth-order valence-electron chi connectivity index (χ4n) is 1.22. The van der Waals surface area contributed by atoms with Gasteiger partial charge in [-0.15, -0.1) is 0 Å². The Morgan fingerprint density at radius 3 is 0.840 bits per heavy atom. The minimum absolute atomic E-state index is 2.05. The first-order chi connectivity index (χ1) is 10.5. The van der Waals surface area contributed by atoms with Gasteiger partial charge in [-0.25, -0.2) is 13.2 Å². The molecule has 154 valence electrons. The van der Waals surface area contributed by atoms with Crippen LogP contribution in [0.5, 0.6) is 0 Å². The van der Waals surface area contributed by atoms with Gasteiger partial charge in [0.25, 0.3) is 5.92 Å². The van der Waals surface area contributed by atoms with Crippen molar-refractivity contribution in [1.29, 1.82) is 0 Å². The Kier molecular flexibility index (Phi) is 8.96. The van der Waals surface area contributed by atoms with E-state index in [1.807, 2.05) is 0 Å². The number of halogens is 15. The van der Waals surface area contributed by atoms with Gasteiger partial charge in [-0.2, -0.15) is 52.7 Å². The van der Waals surface area contributed by atoms with E-state index in [-0.39, 0.29) is 0 Å². The van der Waals surface area contributed by atoms with Crippen LogP contribution in [0.3, 0.4) is 0 Å². The summed E-state index contributed by atoms with van der Waals surface area (Å²) in [6.45, 7) is 0. The summed E-state index contributed by atoms with van der Waals surface area (Å²) in [6.07, 6.45) is -32.9. The highest BCUT2D eigenvalue weighted by Crippen LogP contribution is 2.39. The second-order valence-electron chi connectivity index (χ2n) is 4.68. The Morgan fingerprint density at radius 1 is 0.440 bits per heavy atom. The van der Waals surface area contributed by atoms with E-state index in [1.165, 1.54) is 0 Å². The van der Waals surface area contributed by atoms with Crippen molar-refractivity contribution in [3.8, 4) is 0 Å². The van der Waals surface area contributed by atoms with Crippen molar-refractivity contribution in [1.82, 2.24) is 0 Å². The topological polar surface area (TPSA) is 0 Å². The average molecular weight is 414 g/mol. The van der Waals surface area contributed by atoms with Crippen molar-refractivity contribution in [2.24, 2.45) is 0 Å². The quantitative estimate of drug-likeness (QED) is 0.446. The van der Waals surface area contributed by atoms with Crippen molar-refractivity contribution >= 4 is 0 Å². The molecule has 0 radical (unpaired) electrons. The molecule has 0 aliphatic heterocycles. The molecule has 0 spiro atoms. The van der Waals surface area contributed by atoms with Gasteiger partial charge in [-0.3, -0.25) is 0 Å². The lowest BCUT2D eigenvalue weighted by Gasteiger charge is -2.19. The zero-order chi connectivity index (χ0) is 20.9. The summed E-state index contributed by atoms with van der Waals surface area (Å²) in [7, 11) is 0. The lowest BCUT2D eigenvalue weighted by atomic mass is 10.1. The van der Waals surface area contributed by atoms with E-state index in [2.05, 4.69) is 0 Å². The Bertz CT molecular complexity index is 334. The molecule has 0 aliphatic carbocycles. The number of alkyl halides is 15. The van der Waals surface area contributed by atoms with Crippen LogP contribution in [0.15, 0.2) is 0 Å². The van der Waals surface area contributed by atoms with Crippen molar-refractivity contribution in [3.05, 3.63) is 0 Å². The normalized spacial score (nSPS) is 14.4. The van der Waals surface area contributed by atoms with E-state index in [9.17, 15) is 65.9 Å². The predicted octanol–water partition coefficient (Wildman–Crippen LogP) is 6.76. The zero-order valence-corrected chi connectivity index (χ0v) is 11.6. The largest absolute Gasteiger partial charge is 0.394 e. The van der Waals surface area contributed by atoms with E-state index in [4.69, 9.17) is 0 Å². The second-order valence-corrected chi connectivity index (χ2v) is 4.68. The average Bonchev–Trinajstić information content (AvgIpc) is 1.99. The molecule has 0 unspecified atom stereocenters. The predicted molar refractivity (Wildman–Crippen MR) is 52.5 cm³/mol. The SMILES string of the molecule is FC(CC(F)(F)F)CC(F)(F)F.FC(F)(F)CC(F)(F)CC(F)(F)F. The van der Waals surface area contributed by atoms with Gasteiger partial charge in [0, 0.05) is 0 Å². The number of hydrogen-bond acceptors (Lipinski definition) is 0. The lowest BCUT2D eigenvalue weighted by molar-refractivity contribution is -0.229. The van der Waals surface area contributed by atoms with Gasteiger partial charge in [0.1, 0.15) is 19.0 Å². The highest BCUT2D eigenvalue weighted by atomic mass is 19.4. The summed E-state index contributed by atoms with van der Waals surface area (Å²) < 4.78 is 171. The van der Waals surface area contributed by atoms with Gasteiger partial charge in [-0.1, -0.05) is 0 Å². The van der Waals surface area contributed by atoms with Crippen LogP contribution in [0.2, 0.25) is 0 Å². The molecule has 15 heteroatoms. The maximum absolute atomic E-state index is 12.0. The maximum atomic E-state index is 12.0. The zero-order valence-electron chi connectivity index (χ0n) is 11.6. The highest BCUT2D eigenvalue weighted by molar-refractivity contribution is 4.74. The Morgan fingerprint density at radius 2 is 0.680 bits per heavy atom. The van der Waals surface area contributed by atoms with Crippen molar-refractivity contribution in [2.45, 2.75) is 62.5 Å². The minimum Gasteiger partial charge on any atom is -0.247 e. The third kappa shape index (κ3) is 22.9. The molecule has 0 heterocycles. The molecule has 0 saturated heterocycles. The highest BCUT2D eigenvalue weighted by Gasteiger charge is 2.50. The minimum atomic E-state index is -5.30. The van der Waals surface area contributed by atoms with Crippen LogP contribution in [-0.2, 0) is 0 Å². The van der Waals surface area contributed by atoms with Gasteiger partial charge in [0.2, 0.25) is 0 Å². The summed E-state index contributed by atoms with van der Waals surface area (Å²) in [5, 5.41) is 0. The van der Waals surface area contributed by atoms with Gasteiger partial charge in [-0.05, 0) is 0 Å². The van der Waals surface area contributed by atoms with E-state index in [1.54, 1.807) is 0 Å². The molecule has 0 N–H and O–H groups in total. The van der Waals surface area contributed by atoms with E-state index < -0.39 is 62.5 Å². The van der Waals surface area contributed by atoms with Gasteiger partial charge < -0.3 is 0 Å². The van der Waals surface area contributed by atoms with Crippen LogP contribution in [0.4, 0.5) is 65.9 Å². The molecule has 25 heavy (non-hydrogen) atoms. The Hall–Kier alpha value is -1.05. The third-order valence-electron chi connectivity index (χ3n) is 1.82. The standard InChI is InChI=1S/C5H4F8.C5H5F7/c6-3(7,1-4(8,9)10)2-5(11,12)13;6-3(1-4(7,8)9)2-5(10,11)12/h1-2H2;3H,1-2H2.